The second kappa shape index (κ2) is 7.08. The standard InChI is InChI=1S/C22H21F3N2O/c1-13-5-2-3-7-16(13)21(28)27-19-10-9-15(12-26-19)20-17-8-4-6-14(17)11-18(20)22(23,24)25/h2-3,5,7,9-10,12,14,17H,4,6,8,11H2,1H3,(H,26,27,28). The molecule has 28 heavy (non-hydrogen) atoms. The van der Waals surface area contributed by atoms with E-state index in [1.807, 2.05) is 19.1 Å². The number of fused-ring (bicyclic) bond motifs is 1. The van der Waals surface area contributed by atoms with E-state index in [1.54, 1.807) is 24.3 Å². The molecule has 2 unspecified atom stereocenters. The summed E-state index contributed by atoms with van der Waals surface area (Å²) in [5, 5.41) is 2.72. The average Bonchev–Trinajstić information content (AvgIpc) is 3.23. The second-order valence-corrected chi connectivity index (χ2v) is 7.59. The van der Waals surface area contributed by atoms with E-state index in [2.05, 4.69) is 10.3 Å². The highest BCUT2D eigenvalue weighted by Gasteiger charge is 2.47. The quantitative estimate of drug-likeness (QED) is 0.727. The van der Waals surface area contributed by atoms with Crippen LogP contribution in [0.25, 0.3) is 5.57 Å². The van der Waals surface area contributed by atoms with E-state index >= 15 is 0 Å². The Morgan fingerprint density at radius 3 is 2.61 bits per heavy atom. The summed E-state index contributed by atoms with van der Waals surface area (Å²) >= 11 is 0. The summed E-state index contributed by atoms with van der Waals surface area (Å²) in [5.74, 6) is 0.0929. The molecule has 6 heteroatoms. The van der Waals surface area contributed by atoms with Crippen molar-refractivity contribution in [3.05, 3.63) is 64.9 Å². The van der Waals surface area contributed by atoms with Crippen LogP contribution < -0.4 is 5.32 Å². The molecule has 1 heterocycles. The molecule has 1 fully saturated rings. The Morgan fingerprint density at radius 2 is 1.93 bits per heavy atom. The Hall–Kier alpha value is -2.63. The van der Waals surface area contributed by atoms with Crippen molar-refractivity contribution in [1.82, 2.24) is 4.98 Å². The minimum atomic E-state index is -4.31. The van der Waals surface area contributed by atoms with Gasteiger partial charge in [0.1, 0.15) is 5.82 Å². The summed E-state index contributed by atoms with van der Waals surface area (Å²) in [4.78, 5) is 16.6. The number of amides is 1. The molecule has 1 aromatic carbocycles. The fourth-order valence-corrected chi connectivity index (χ4v) is 4.55. The molecule has 0 saturated heterocycles. The van der Waals surface area contributed by atoms with E-state index in [0.29, 0.717) is 22.5 Å². The highest BCUT2D eigenvalue weighted by atomic mass is 19.4. The molecular weight excluding hydrogens is 365 g/mol. The molecule has 0 aliphatic heterocycles. The van der Waals surface area contributed by atoms with Crippen molar-refractivity contribution in [1.29, 1.82) is 0 Å². The number of aromatic nitrogens is 1. The lowest BCUT2D eigenvalue weighted by molar-refractivity contribution is -0.0933. The number of alkyl halides is 3. The number of carbonyl (C=O) groups excluding carboxylic acids is 1. The van der Waals surface area contributed by atoms with Crippen LogP contribution in [0.1, 0.15) is 47.2 Å². The van der Waals surface area contributed by atoms with Crippen molar-refractivity contribution in [2.75, 3.05) is 5.32 Å². The minimum absolute atomic E-state index is 0.0363. The van der Waals surface area contributed by atoms with Gasteiger partial charge in [-0.15, -0.1) is 0 Å². The third-order valence-electron chi connectivity index (χ3n) is 5.87. The van der Waals surface area contributed by atoms with Gasteiger partial charge in [-0.1, -0.05) is 24.6 Å². The first-order valence-electron chi connectivity index (χ1n) is 9.48. The van der Waals surface area contributed by atoms with Gasteiger partial charge >= 0.3 is 6.18 Å². The van der Waals surface area contributed by atoms with Crippen molar-refractivity contribution in [3.8, 4) is 0 Å². The number of anilines is 1. The number of hydrogen-bond acceptors (Lipinski definition) is 2. The number of benzene rings is 1. The number of halogens is 3. The minimum Gasteiger partial charge on any atom is -0.307 e. The zero-order valence-corrected chi connectivity index (χ0v) is 15.5. The lowest BCUT2D eigenvalue weighted by Gasteiger charge is -2.16. The van der Waals surface area contributed by atoms with Gasteiger partial charge in [0, 0.05) is 17.3 Å². The zero-order chi connectivity index (χ0) is 19.9. The molecule has 1 N–H and O–H groups in total. The largest absolute Gasteiger partial charge is 0.412 e. The van der Waals surface area contributed by atoms with Crippen LogP contribution in [0.2, 0.25) is 0 Å². The summed E-state index contributed by atoms with van der Waals surface area (Å²) in [6, 6.07) is 10.4. The molecular formula is C22H21F3N2O. The molecule has 2 aromatic rings. The molecule has 4 rings (SSSR count). The normalized spacial score (nSPS) is 21.7. The molecule has 0 bridgehead atoms. The van der Waals surface area contributed by atoms with E-state index in [4.69, 9.17) is 0 Å². The predicted molar refractivity (Wildman–Crippen MR) is 102 cm³/mol. The average molecular weight is 386 g/mol. The summed E-state index contributed by atoms with van der Waals surface area (Å²) in [7, 11) is 0. The first-order valence-corrected chi connectivity index (χ1v) is 9.48. The number of pyridine rings is 1. The fraction of sp³-hybridized carbons (Fsp3) is 0.364. The van der Waals surface area contributed by atoms with Crippen molar-refractivity contribution < 1.29 is 18.0 Å². The smallest absolute Gasteiger partial charge is 0.307 e. The first-order chi connectivity index (χ1) is 13.3. The number of hydrogen-bond donors (Lipinski definition) is 1. The second-order valence-electron chi connectivity index (χ2n) is 7.59. The maximum atomic E-state index is 13.5. The van der Waals surface area contributed by atoms with Crippen LogP contribution in [0.15, 0.2) is 48.2 Å². The number of carbonyl (C=O) groups is 1. The van der Waals surface area contributed by atoms with Crippen LogP contribution in [0.5, 0.6) is 0 Å². The molecule has 2 aliphatic carbocycles. The van der Waals surface area contributed by atoms with Gasteiger partial charge in [0.15, 0.2) is 0 Å². The molecule has 2 atom stereocenters. The molecule has 2 aliphatic rings. The third-order valence-corrected chi connectivity index (χ3v) is 5.87. The highest BCUT2D eigenvalue weighted by molar-refractivity contribution is 6.04. The highest BCUT2D eigenvalue weighted by Crippen LogP contribution is 2.55. The van der Waals surface area contributed by atoms with Gasteiger partial charge < -0.3 is 5.32 Å². The van der Waals surface area contributed by atoms with Gasteiger partial charge in [0.25, 0.3) is 5.91 Å². The SMILES string of the molecule is Cc1ccccc1C(=O)Nc1ccc(C2=C(C(F)(F)F)CC3CCCC23)cn1. The van der Waals surface area contributed by atoms with E-state index in [0.717, 1.165) is 24.8 Å². The Morgan fingerprint density at radius 1 is 1.14 bits per heavy atom. The third kappa shape index (κ3) is 3.43. The lowest BCUT2D eigenvalue weighted by Crippen LogP contribution is -2.14. The Balaban J connectivity index is 1.59. The number of aryl methyl sites for hydroxylation is 1. The summed E-state index contributed by atoms with van der Waals surface area (Å²) in [6.45, 7) is 1.84. The summed E-state index contributed by atoms with van der Waals surface area (Å²) in [6.07, 6.45) is -0.124. The first kappa shape index (κ1) is 18.7. The molecule has 3 nitrogen and oxygen atoms in total. The van der Waals surface area contributed by atoms with Crippen molar-refractivity contribution in [3.63, 3.8) is 0 Å². The Bertz CT molecular complexity index is 932. The monoisotopic (exact) mass is 386 g/mol. The van der Waals surface area contributed by atoms with Gasteiger partial charge in [-0.2, -0.15) is 13.2 Å². The number of rotatable bonds is 3. The fourth-order valence-electron chi connectivity index (χ4n) is 4.55. The maximum Gasteiger partial charge on any atom is 0.412 e. The zero-order valence-electron chi connectivity index (χ0n) is 15.5. The number of allylic oxidation sites excluding steroid dienone is 2. The predicted octanol–water partition coefficient (Wildman–Crippen LogP) is 5.78. The van der Waals surface area contributed by atoms with Crippen LogP contribution in [0.4, 0.5) is 19.0 Å². The van der Waals surface area contributed by atoms with Crippen LogP contribution >= 0.6 is 0 Å². The van der Waals surface area contributed by atoms with Crippen molar-refractivity contribution in [2.24, 2.45) is 11.8 Å². The van der Waals surface area contributed by atoms with Crippen LogP contribution in [-0.2, 0) is 0 Å². The van der Waals surface area contributed by atoms with Crippen LogP contribution in [0.3, 0.4) is 0 Å². The van der Waals surface area contributed by atoms with E-state index in [1.165, 1.54) is 6.20 Å². The lowest BCUT2D eigenvalue weighted by atomic mass is 9.91. The van der Waals surface area contributed by atoms with E-state index in [-0.39, 0.29) is 24.2 Å². The molecule has 1 saturated carbocycles. The van der Waals surface area contributed by atoms with Gasteiger partial charge in [0.05, 0.1) is 0 Å². The molecule has 1 amide bonds. The van der Waals surface area contributed by atoms with E-state index in [9.17, 15) is 18.0 Å². The van der Waals surface area contributed by atoms with Crippen LogP contribution in [0, 0.1) is 18.8 Å². The van der Waals surface area contributed by atoms with Gasteiger partial charge in [-0.05, 0) is 72.9 Å². The Labute approximate surface area is 161 Å². The summed E-state index contributed by atoms with van der Waals surface area (Å²) < 4.78 is 40.6. The topological polar surface area (TPSA) is 42.0 Å². The molecule has 0 spiro atoms. The maximum absolute atomic E-state index is 13.5. The van der Waals surface area contributed by atoms with Gasteiger partial charge in [0.2, 0.25) is 0 Å². The number of nitrogens with zero attached hydrogens (tertiary/aromatic N) is 1. The van der Waals surface area contributed by atoms with Crippen LogP contribution in [-0.4, -0.2) is 17.1 Å². The van der Waals surface area contributed by atoms with Gasteiger partial charge in [-0.3, -0.25) is 4.79 Å². The van der Waals surface area contributed by atoms with Crippen molar-refractivity contribution >= 4 is 17.3 Å². The Kier molecular flexibility index (Phi) is 4.73. The van der Waals surface area contributed by atoms with Crippen molar-refractivity contribution in [2.45, 2.75) is 38.8 Å². The van der Waals surface area contributed by atoms with Gasteiger partial charge in [-0.25, -0.2) is 4.98 Å². The molecule has 146 valence electrons. The number of nitrogens with one attached hydrogen (secondary N) is 1. The molecule has 1 aromatic heterocycles. The molecule has 0 radical (unpaired) electrons. The van der Waals surface area contributed by atoms with E-state index < -0.39 is 11.7 Å². The summed E-state index contributed by atoms with van der Waals surface area (Å²) in [5.41, 5.74) is 1.89.